The van der Waals surface area contributed by atoms with Crippen molar-refractivity contribution in [1.82, 2.24) is 14.8 Å². The molecular formula is C17H15ClN4O2. The van der Waals surface area contributed by atoms with Gasteiger partial charge in [-0.15, -0.1) is 0 Å². The van der Waals surface area contributed by atoms with E-state index in [-0.39, 0.29) is 16.5 Å². The van der Waals surface area contributed by atoms with E-state index in [1.165, 1.54) is 12.1 Å². The van der Waals surface area contributed by atoms with Gasteiger partial charge in [0.25, 0.3) is 5.91 Å². The summed E-state index contributed by atoms with van der Waals surface area (Å²) in [6.45, 7) is 3.79. The quantitative estimate of drug-likeness (QED) is 0.763. The monoisotopic (exact) mass is 342 g/mol. The van der Waals surface area contributed by atoms with Gasteiger partial charge in [-0.2, -0.15) is 5.10 Å². The summed E-state index contributed by atoms with van der Waals surface area (Å²) in [5.74, 6) is 0.100. The lowest BCUT2D eigenvalue weighted by atomic mass is 10.2. The predicted octanol–water partition coefficient (Wildman–Crippen LogP) is 3.50. The number of halogens is 1. The number of carbonyl (C=O) groups excluding carboxylic acids is 1. The number of amides is 1. The van der Waals surface area contributed by atoms with E-state index >= 15 is 0 Å². The molecule has 0 aliphatic rings. The van der Waals surface area contributed by atoms with Gasteiger partial charge in [-0.05, 0) is 44.2 Å². The maximum absolute atomic E-state index is 12.5. The summed E-state index contributed by atoms with van der Waals surface area (Å²) < 4.78 is 1.65. The van der Waals surface area contributed by atoms with Gasteiger partial charge in [-0.25, -0.2) is 9.67 Å². The molecule has 6 nitrogen and oxygen atoms in total. The van der Waals surface area contributed by atoms with E-state index < -0.39 is 5.91 Å². The second-order valence-electron chi connectivity index (χ2n) is 5.34. The summed E-state index contributed by atoms with van der Waals surface area (Å²) in [7, 11) is 0. The van der Waals surface area contributed by atoms with Gasteiger partial charge in [-0.1, -0.05) is 17.7 Å². The number of anilines is 1. The highest BCUT2D eigenvalue weighted by Crippen LogP contribution is 2.20. The number of carbonyl (C=O) groups is 1. The molecule has 3 rings (SSSR count). The number of aromatic hydroxyl groups is 1. The third-order valence-corrected chi connectivity index (χ3v) is 3.68. The number of nitrogens with one attached hydrogen (secondary N) is 1. The fourth-order valence-electron chi connectivity index (χ4n) is 2.34. The third-order valence-electron chi connectivity index (χ3n) is 3.38. The zero-order valence-corrected chi connectivity index (χ0v) is 13.9. The summed E-state index contributed by atoms with van der Waals surface area (Å²) in [6.07, 6.45) is 0. The molecule has 1 aromatic carbocycles. The molecule has 0 unspecified atom stereocenters. The van der Waals surface area contributed by atoms with Gasteiger partial charge >= 0.3 is 0 Å². The molecule has 122 valence electrons. The van der Waals surface area contributed by atoms with E-state index in [1.54, 1.807) is 28.9 Å². The van der Waals surface area contributed by atoms with Crippen LogP contribution < -0.4 is 5.32 Å². The summed E-state index contributed by atoms with van der Waals surface area (Å²) in [6, 6.07) is 11.5. The topological polar surface area (TPSA) is 80.0 Å². The Morgan fingerprint density at radius 1 is 1.21 bits per heavy atom. The first-order valence-corrected chi connectivity index (χ1v) is 7.62. The third kappa shape index (κ3) is 3.23. The van der Waals surface area contributed by atoms with Crippen molar-refractivity contribution in [3.05, 3.63) is 64.6 Å². The van der Waals surface area contributed by atoms with Crippen molar-refractivity contribution in [3.63, 3.8) is 0 Å². The van der Waals surface area contributed by atoms with Gasteiger partial charge in [0.15, 0.2) is 5.82 Å². The van der Waals surface area contributed by atoms with E-state index in [1.807, 2.05) is 19.9 Å². The lowest BCUT2D eigenvalue weighted by Gasteiger charge is -2.09. The first kappa shape index (κ1) is 16.0. The Morgan fingerprint density at radius 2 is 2.00 bits per heavy atom. The summed E-state index contributed by atoms with van der Waals surface area (Å²) in [4.78, 5) is 16.8. The number of phenols is 1. The van der Waals surface area contributed by atoms with Crippen LogP contribution in [0.5, 0.6) is 5.75 Å². The van der Waals surface area contributed by atoms with E-state index in [0.29, 0.717) is 11.5 Å². The lowest BCUT2D eigenvalue weighted by Crippen LogP contribution is -2.16. The molecule has 0 saturated heterocycles. The fraction of sp³-hybridized carbons (Fsp3) is 0.118. The minimum absolute atomic E-state index is 0.0586. The number of rotatable bonds is 3. The second-order valence-corrected chi connectivity index (χ2v) is 5.75. The number of pyridine rings is 1. The molecule has 2 N–H and O–H groups in total. The van der Waals surface area contributed by atoms with E-state index in [4.69, 9.17) is 11.6 Å². The van der Waals surface area contributed by atoms with Crippen LogP contribution in [0, 0.1) is 13.8 Å². The predicted molar refractivity (Wildman–Crippen MR) is 91.9 cm³/mol. The molecule has 7 heteroatoms. The number of phenolic OH excluding ortho intramolecular Hbond substituents is 1. The Bertz CT molecular complexity index is 921. The first-order valence-electron chi connectivity index (χ1n) is 7.24. The van der Waals surface area contributed by atoms with Crippen molar-refractivity contribution in [2.45, 2.75) is 13.8 Å². The molecule has 0 bridgehead atoms. The van der Waals surface area contributed by atoms with Gasteiger partial charge in [0, 0.05) is 17.4 Å². The highest BCUT2D eigenvalue weighted by molar-refractivity contribution is 6.34. The summed E-state index contributed by atoms with van der Waals surface area (Å²) in [5, 5.41) is 16.7. The van der Waals surface area contributed by atoms with Gasteiger partial charge < -0.3 is 10.4 Å². The van der Waals surface area contributed by atoms with Crippen LogP contribution in [0.25, 0.3) is 5.82 Å². The van der Waals surface area contributed by atoms with Crippen LogP contribution >= 0.6 is 11.6 Å². The number of aryl methyl sites for hydroxylation is 2. The van der Waals surface area contributed by atoms with Crippen LogP contribution in [-0.2, 0) is 0 Å². The second kappa shape index (κ2) is 6.33. The van der Waals surface area contributed by atoms with Crippen LogP contribution in [-0.4, -0.2) is 25.8 Å². The minimum atomic E-state index is -0.464. The van der Waals surface area contributed by atoms with Crippen LogP contribution in [0.2, 0.25) is 5.02 Å². The van der Waals surface area contributed by atoms with Crippen LogP contribution in [0.15, 0.2) is 42.5 Å². The Kier molecular flexibility index (Phi) is 4.22. The van der Waals surface area contributed by atoms with Crippen molar-refractivity contribution < 1.29 is 9.90 Å². The maximum Gasteiger partial charge on any atom is 0.275 e. The molecule has 24 heavy (non-hydrogen) atoms. The molecule has 0 aliphatic heterocycles. The van der Waals surface area contributed by atoms with Gasteiger partial charge in [-0.3, -0.25) is 4.79 Å². The molecular weight excluding hydrogens is 328 g/mol. The molecule has 3 aromatic rings. The Balaban J connectivity index is 1.94. The van der Waals surface area contributed by atoms with Crippen molar-refractivity contribution in [2.75, 3.05) is 5.32 Å². The van der Waals surface area contributed by atoms with Crippen molar-refractivity contribution >= 4 is 23.2 Å². The number of nitrogens with zero attached hydrogens (tertiary/aromatic N) is 3. The van der Waals surface area contributed by atoms with Gasteiger partial charge in [0.1, 0.15) is 11.4 Å². The number of hydrogen-bond donors (Lipinski definition) is 2. The molecule has 0 aliphatic carbocycles. The molecule has 0 spiro atoms. The van der Waals surface area contributed by atoms with Crippen molar-refractivity contribution in [2.24, 2.45) is 0 Å². The highest BCUT2D eigenvalue weighted by Gasteiger charge is 2.15. The zero-order chi connectivity index (χ0) is 17.3. The fourth-order valence-corrected chi connectivity index (χ4v) is 2.53. The van der Waals surface area contributed by atoms with Gasteiger partial charge in [0.2, 0.25) is 0 Å². The first-order chi connectivity index (χ1) is 11.4. The van der Waals surface area contributed by atoms with E-state index in [2.05, 4.69) is 15.4 Å². The van der Waals surface area contributed by atoms with Crippen LogP contribution in [0.3, 0.4) is 0 Å². The molecule has 2 aromatic heterocycles. The Morgan fingerprint density at radius 3 is 2.67 bits per heavy atom. The highest BCUT2D eigenvalue weighted by atomic mass is 35.5. The maximum atomic E-state index is 12.5. The SMILES string of the molecule is Cc1cc(C)n(-c2ccc(Cl)c(C(=O)Nc3cccc(O)c3)n2)n1. The summed E-state index contributed by atoms with van der Waals surface area (Å²) in [5.41, 5.74) is 2.30. The smallest absolute Gasteiger partial charge is 0.275 e. The lowest BCUT2D eigenvalue weighted by molar-refractivity contribution is 0.102. The average Bonchev–Trinajstić information content (AvgIpc) is 2.86. The Hall–Kier alpha value is -2.86. The molecule has 0 saturated carbocycles. The van der Waals surface area contributed by atoms with Crippen molar-refractivity contribution in [3.8, 4) is 11.6 Å². The molecule has 0 radical (unpaired) electrons. The van der Waals surface area contributed by atoms with Crippen LogP contribution in [0.4, 0.5) is 5.69 Å². The van der Waals surface area contributed by atoms with E-state index in [9.17, 15) is 9.90 Å². The number of hydrogen-bond acceptors (Lipinski definition) is 4. The molecule has 0 fully saturated rings. The van der Waals surface area contributed by atoms with Crippen LogP contribution in [0.1, 0.15) is 21.9 Å². The van der Waals surface area contributed by atoms with Gasteiger partial charge in [0.05, 0.1) is 10.7 Å². The van der Waals surface area contributed by atoms with E-state index in [0.717, 1.165) is 11.4 Å². The normalized spacial score (nSPS) is 10.6. The zero-order valence-electron chi connectivity index (χ0n) is 13.1. The average molecular weight is 343 g/mol. The summed E-state index contributed by atoms with van der Waals surface area (Å²) >= 11 is 6.12. The molecule has 2 heterocycles. The minimum Gasteiger partial charge on any atom is -0.508 e. The number of benzene rings is 1. The van der Waals surface area contributed by atoms with Crippen molar-refractivity contribution in [1.29, 1.82) is 0 Å². The molecule has 0 atom stereocenters. The standard InChI is InChI=1S/C17H15ClN4O2/c1-10-8-11(2)22(21-10)15-7-6-14(18)16(20-15)17(24)19-12-4-3-5-13(23)9-12/h3-9,23H,1-2H3,(H,19,24). The molecule has 1 amide bonds. The largest absolute Gasteiger partial charge is 0.508 e. The number of aromatic nitrogens is 3. The Labute approximate surface area is 143 Å².